The molecule has 1 heterocycles. The van der Waals surface area contributed by atoms with E-state index < -0.39 is 0 Å². The summed E-state index contributed by atoms with van der Waals surface area (Å²) in [7, 11) is 0. The Morgan fingerprint density at radius 2 is 2.06 bits per heavy atom. The second-order valence-corrected chi connectivity index (χ2v) is 6.40. The average Bonchev–Trinajstić information content (AvgIpc) is 2.72. The summed E-state index contributed by atoms with van der Waals surface area (Å²) in [4.78, 5) is 14.2. The van der Waals surface area contributed by atoms with Crippen LogP contribution in [0.5, 0.6) is 0 Å². The highest BCUT2D eigenvalue weighted by Crippen LogP contribution is 2.21. The van der Waals surface area contributed by atoms with Gasteiger partial charge in [-0.25, -0.2) is 0 Å². The molecule has 0 bridgehead atoms. The van der Waals surface area contributed by atoms with Gasteiger partial charge in [0.15, 0.2) is 0 Å². The molecule has 1 rings (SSSR count). The van der Waals surface area contributed by atoms with Gasteiger partial charge >= 0.3 is 0 Å². The van der Waals surface area contributed by atoms with Gasteiger partial charge in [-0.15, -0.1) is 11.3 Å². The van der Waals surface area contributed by atoms with Crippen LogP contribution in [0.1, 0.15) is 43.0 Å². The summed E-state index contributed by atoms with van der Waals surface area (Å²) >= 11 is 1.78. The molecule has 0 aromatic carbocycles. The normalized spacial score (nSPS) is 12.7. The van der Waals surface area contributed by atoms with Gasteiger partial charge in [-0.05, 0) is 38.3 Å². The van der Waals surface area contributed by atoms with Gasteiger partial charge in [-0.1, -0.05) is 13.8 Å². The lowest BCUT2D eigenvalue weighted by Gasteiger charge is -2.12. The first-order chi connectivity index (χ1) is 8.49. The van der Waals surface area contributed by atoms with Gasteiger partial charge in [-0.3, -0.25) is 4.79 Å². The molecule has 18 heavy (non-hydrogen) atoms. The third kappa shape index (κ3) is 5.65. The second kappa shape index (κ2) is 7.54. The maximum Gasteiger partial charge on any atom is 0.233 e. The van der Waals surface area contributed by atoms with Crippen molar-refractivity contribution in [2.24, 2.45) is 5.92 Å². The fourth-order valence-electron chi connectivity index (χ4n) is 1.60. The van der Waals surface area contributed by atoms with Crippen molar-refractivity contribution >= 4 is 17.2 Å². The van der Waals surface area contributed by atoms with Gasteiger partial charge in [0.2, 0.25) is 5.91 Å². The third-order valence-electron chi connectivity index (χ3n) is 2.80. The predicted molar refractivity (Wildman–Crippen MR) is 77.9 cm³/mol. The van der Waals surface area contributed by atoms with Crippen molar-refractivity contribution in [1.82, 2.24) is 10.6 Å². The Morgan fingerprint density at radius 3 is 2.61 bits per heavy atom. The Morgan fingerprint density at radius 1 is 1.33 bits per heavy atom. The van der Waals surface area contributed by atoms with Crippen molar-refractivity contribution in [3.63, 3.8) is 0 Å². The molecule has 1 amide bonds. The molecule has 1 unspecified atom stereocenters. The molecule has 0 saturated carbocycles. The van der Waals surface area contributed by atoms with Crippen molar-refractivity contribution in [3.8, 4) is 0 Å². The zero-order valence-electron chi connectivity index (χ0n) is 11.7. The van der Waals surface area contributed by atoms with Crippen LogP contribution in [0.4, 0.5) is 0 Å². The van der Waals surface area contributed by atoms with Gasteiger partial charge in [0, 0.05) is 22.3 Å². The first-order valence-corrected chi connectivity index (χ1v) is 7.37. The van der Waals surface area contributed by atoms with Gasteiger partial charge in [0.25, 0.3) is 0 Å². The Hall–Kier alpha value is -0.870. The maximum absolute atomic E-state index is 11.6. The lowest BCUT2D eigenvalue weighted by atomic mass is 10.1. The van der Waals surface area contributed by atoms with Crippen LogP contribution in [0.3, 0.4) is 0 Å². The molecule has 3 nitrogen and oxygen atoms in total. The van der Waals surface area contributed by atoms with E-state index in [0.29, 0.717) is 12.5 Å². The molecule has 1 aromatic rings. The van der Waals surface area contributed by atoms with Crippen molar-refractivity contribution in [3.05, 3.63) is 21.9 Å². The number of amides is 1. The number of nitrogens with one attached hydrogen (secondary N) is 2. The summed E-state index contributed by atoms with van der Waals surface area (Å²) in [6.07, 6.45) is 1.03. The maximum atomic E-state index is 11.6. The van der Waals surface area contributed by atoms with E-state index >= 15 is 0 Å². The molecule has 0 radical (unpaired) electrons. The van der Waals surface area contributed by atoms with Crippen LogP contribution in [0.2, 0.25) is 0 Å². The largest absolute Gasteiger partial charge is 0.355 e. The number of hydrogen-bond donors (Lipinski definition) is 2. The van der Waals surface area contributed by atoms with Crippen LogP contribution in [-0.2, 0) is 4.79 Å². The molecule has 4 heteroatoms. The van der Waals surface area contributed by atoms with Gasteiger partial charge in [-0.2, -0.15) is 0 Å². The molecule has 0 aliphatic carbocycles. The molecular formula is C14H24N2OS. The molecule has 2 N–H and O–H groups in total. The zero-order valence-corrected chi connectivity index (χ0v) is 12.6. The monoisotopic (exact) mass is 268 g/mol. The highest BCUT2D eigenvalue weighted by Gasteiger charge is 2.09. The van der Waals surface area contributed by atoms with Crippen LogP contribution < -0.4 is 10.6 Å². The quantitative estimate of drug-likeness (QED) is 0.798. The van der Waals surface area contributed by atoms with Gasteiger partial charge in [0.1, 0.15) is 0 Å². The smallest absolute Gasteiger partial charge is 0.233 e. The third-order valence-corrected chi connectivity index (χ3v) is 3.98. The van der Waals surface area contributed by atoms with Crippen LogP contribution >= 0.6 is 11.3 Å². The number of rotatable bonds is 7. The lowest BCUT2D eigenvalue weighted by Crippen LogP contribution is -2.35. The fourth-order valence-corrected chi connectivity index (χ4v) is 2.50. The lowest BCUT2D eigenvalue weighted by molar-refractivity contribution is -0.120. The molecule has 0 spiro atoms. The number of carbonyl (C=O) groups is 1. The SMILES string of the molecule is Cc1ccc(C(C)NCC(=O)NCCC(C)C)s1. The van der Waals surface area contributed by atoms with Gasteiger partial charge in [0.05, 0.1) is 6.54 Å². The molecular weight excluding hydrogens is 244 g/mol. The Balaban J connectivity index is 2.22. The van der Waals surface area contributed by atoms with Crippen LogP contribution in [0, 0.1) is 12.8 Å². The van der Waals surface area contributed by atoms with Crippen LogP contribution in [0.15, 0.2) is 12.1 Å². The summed E-state index contributed by atoms with van der Waals surface area (Å²) < 4.78 is 0. The zero-order chi connectivity index (χ0) is 13.5. The van der Waals surface area contributed by atoms with E-state index in [-0.39, 0.29) is 11.9 Å². The van der Waals surface area contributed by atoms with Crippen molar-refractivity contribution < 1.29 is 4.79 Å². The molecule has 1 atom stereocenters. The van der Waals surface area contributed by atoms with E-state index in [0.717, 1.165) is 13.0 Å². The Labute approximate surface area is 114 Å². The highest BCUT2D eigenvalue weighted by atomic mass is 32.1. The van der Waals surface area contributed by atoms with E-state index in [1.807, 2.05) is 0 Å². The number of carbonyl (C=O) groups excluding carboxylic acids is 1. The van der Waals surface area contributed by atoms with Crippen molar-refractivity contribution in [2.45, 2.75) is 40.2 Å². The molecule has 102 valence electrons. The Bertz CT molecular complexity index is 374. The van der Waals surface area contributed by atoms with Crippen LogP contribution in [-0.4, -0.2) is 19.0 Å². The Kier molecular flexibility index (Phi) is 6.36. The molecule has 0 fully saturated rings. The first-order valence-electron chi connectivity index (χ1n) is 6.55. The minimum atomic E-state index is 0.0794. The topological polar surface area (TPSA) is 41.1 Å². The summed E-state index contributed by atoms with van der Waals surface area (Å²) in [5.41, 5.74) is 0. The van der Waals surface area contributed by atoms with Gasteiger partial charge < -0.3 is 10.6 Å². The average molecular weight is 268 g/mol. The van der Waals surface area contributed by atoms with Crippen molar-refractivity contribution in [1.29, 1.82) is 0 Å². The number of aryl methyl sites for hydroxylation is 1. The molecule has 1 aromatic heterocycles. The van der Waals surface area contributed by atoms with E-state index in [9.17, 15) is 4.79 Å². The fraction of sp³-hybridized carbons (Fsp3) is 0.643. The molecule has 0 saturated heterocycles. The summed E-state index contributed by atoms with van der Waals surface area (Å²) in [5.74, 6) is 0.710. The molecule has 0 aliphatic rings. The standard InChI is InChI=1S/C14H24N2OS/c1-10(2)7-8-15-14(17)9-16-12(4)13-6-5-11(3)18-13/h5-6,10,12,16H,7-9H2,1-4H3,(H,15,17). The first kappa shape index (κ1) is 15.2. The minimum absolute atomic E-state index is 0.0794. The molecule has 0 aliphatic heterocycles. The predicted octanol–water partition coefficient (Wildman–Crippen LogP) is 2.87. The van der Waals surface area contributed by atoms with E-state index in [4.69, 9.17) is 0 Å². The van der Waals surface area contributed by atoms with E-state index in [2.05, 4.69) is 50.5 Å². The number of hydrogen-bond acceptors (Lipinski definition) is 3. The summed E-state index contributed by atoms with van der Waals surface area (Å²) in [6.45, 7) is 9.66. The second-order valence-electron chi connectivity index (χ2n) is 5.08. The van der Waals surface area contributed by atoms with E-state index in [1.54, 1.807) is 11.3 Å². The number of thiophene rings is 1. The van der Waals surface area contributed by atoms with Crippen LogP contribution in [0.25, 0.3) is 0 Å². The summed E-state index contributed by atoms with van der Waals surface area (Å²) in [5, 5.41) is 6.18. The van der Waals surface area contributed by atoms with Crippen molar-refractivity contribution in [2.75, 3.05) is 13.1 Å². The minimum Gasteiger partial charge on any atom is -0.355 e. The summed E-state index contributed by atoms with van der Waals surface area (Å²) in [6, 6.07) is 4.47. The van der Waals surface area contributed by atoms with E-state index in [1.165, 1.54) is 9.75 Å². The highest BCUT2D eigenvalue weighted by molar-refractivity contribution is 7.12.